The summed E-state index contributed by atoms with van der Waals surface area (Å²) in [5.41, 5.74) is 1.10. The molecule has 3 nitrogen and oxygen atoms in total. The zero-order chi connectivity index (χ0) is 13.0. The molecule has 1 aromatic carbocycles. The third-order valence-corrected chi connectivity index (χ3v) is 3.20. The largest absolute Gasteiger partial charge is 0.490 e. The van der Waals surface area contributed by atoms with Crippen molar-refractivity contribution in [2.24, 2.45) is 0 Å². The molecule has 100 valence electrons. The second kappa shape index (κ2) is 6.30. The van der Waals surface area contributed by atoms with Crippen LogP contribution in [0.5, 0.6) is 11.5 Å². The van der Waals surface area contributed by atoms with E-state index in [4.69, 9.17) is 25.8 Å². The Hall–Kier alpha value is -0.930. The summed E-state index contributed by atoms with van der Waals surface area (Å²) in [5, 5.41) is 0.738. The van der Waals surface area contributed by atoms with Crippen molar-refractivity contribution in [2.45, 2.75) is 32.8 Å². The Morgan fingerprint density at radius 1 is 1.22 bits per heavy atom. The van der Waals surface area contributed by atoms with Gasteiger partial charge in [-0.1, -0.05) is 11.6 Å². The van der Waals surface area contributed by atoms with Crippen molar-refractivity contribution < 1.29 is 14.2 Å². The molecule has 1 aliphatic heterocycles. The lowest BCUT2D eigenvalue weighted by Gasteiger charge is -2.13. The molecule has 0 aliphatic carbocycles. The average Bonchev–Trinajstić information content (AvgIpc) is 3.15. The van der Waals surface area contributed by atoms with Crippen LogP contribution in [0.3, 0.4) is 0 Å². The lowest BCUT2D eigenvalue weighted by molar-refractivity contribution is 0.287. The Bertz CT molecular complexity index is 402. The fourth-order valence-electron chi connectivity index (χ4n) is 1.86. The smallest absolute Gasteiger partial charge is 0.162 e. The van der Waals surface area contributed by atoms with Crippen LogP contribution < -0.4 is 9.47 Å². The molecule has 1 atom stereocenters. The van der Waals surface area contributed by atoms with Crippen molar-refractivity contribution in [1.82, 2.24) is 0 Å². The van der Waals surface area contributed by atoms with Gasteiger partial charge in [-0.05, 0) is 38.3 Å². The number of epoxide rings is 1. The lowest BCUT2D eigenvalue weighted by atomic mass is 10.1. The van der Waals surface area contributed by atoms with E-state index in [2.05, 4.69) is 0 Å². The Balaban J connectivity index is 2.14. The van der Waals surface area contributed by atoms with Crippen LogP contribution in [-0.4, -0.2) is 25.9 Å². The third-order valence-electron chi connectivity index (χ3n) is 2.85. The van der Waals surface area contributed by atoms with Crippen molar-refractivity contribution in [2.75, 3.05) is 19.8 Å². The molecule has 0 radical (unpaired) electrons. The molecule has 0 saturated carbocycles. The molecule has 4 heteroatoms. The first-order chi connectivity index (χ1) is 8.74. The molecule has 0 bridgehead atoms. The maximum Gasteiger partial charge on any atom is 0.162 e. The highest BCUT2D eigenvalue weighted by Crippen LogP contribution is 2.34. The number of benzene rings is 1. The van der Waals surface area contributed by atoms with Crippen LogP contribution in [0.2, 0.25) is 5.02 Å². The number of aryl methyl sites for hydroxylation is 1. The number of hydrogen-bond donors (Lipinski definition) is 0. The summed E-state index contributed by atoms with van der Waals surface area (Å²) in [6.45, 7) is 6.01. The number of rotatable bonds is 7. The molecule has 1 heterocycles. The van der Waals surface area contributed by atoms with Gasteiger partial charge in [0.15, 0.2) is 11.5 Å². The van der Waals surface area contributed by atoms with Crippen LogP contribution in [-0.2, 0) is 11.2 Å². The number of hydrogen-bond acceptors (Lipinski definition) is 3. The molecule has 18 heavy (non-hydrogen) atoms. The predicted octanol–water partition coefficient (Wildman–Crippen LogP) is 3.47. The molecule has 0 aromatic heterocycles. The van der Waals surface area contributed by atoms with Crippen LogP contribution in [0.1, 0.15) is 25.8 Å². The second-order valence-corrected chi connectivity index (χ2v) is 4.66. The number of ether oxygens (including phenoxy) is 3. The van der Waals surface area contributed by atoms with Crippen molar-refractivity contribution in [3.63, 3.8) is 0 Å². The summed E-state index contributed by atoms with van der Waals surface area (Å²) in [7, 11) is 0. The highest BCUT2D eigenvalue weighted by Gasteiger charge is 2.22. The van der Waals surface area contributed by atoms with E-state index in [1.807, 2.05) is 26.0 Å². The molecule has 2 rings (SSSR count). The van der Waals surface area contributed by atoms with Gasteiger partial charge in [-0.25, -0.2) is 0 Å². The van der Waals surface area contributed by atoms with E-state index in [1.54, 1.807) is 0 Å². The minimum Gasteiger partial charge on any atom is -0.490 e. The molecule has 0 N–H and O–H groups in total. The topological polar surface area (TPSA) is 31.0 Å². The highest BCUT2D eigenvalue weighted by atomic mass is 35.5. The van der Waals surface area contributed by atoms with Crippen molar-refractivity contribution >= 4 is 11.6 Å². The van der Waals surface area contributed by atoms with Crippen molar-refractivity contribution in [3.8, 4) is 11.5 Å². The zero-order valence-corrected chi connectivity index (χ0v) is 11.6. The summed E-state index contributed by atoms with van der Waals surface area (Å²) in [6, 6.07) is 3.83. The molecular weight excluding hydrogens is 252 g/mol. The zero-order valence-electron chi connectivity index (χ0n) is 10.9. The van der Waals surface area contributed by atoms with Gasteiger partial charge < -0.3 is 14.2 Å². The molecular formula is C14H19ClO3. The molecule has 1 aromatic rings. The van der Waals surface area contributed by atoms with Gasteiger partial charge in [0.1, 0.15) is 0 Å². The van der Waals surface area contributed by atoms with Crippen LogP contribution in [0.4, 0.5) is 0 Å². The van der Waals surface area contributed by atoms with Crippen LogP contribution in [0, 0.1) is 0 Å². The minimum absolute atomic E-state index is 0.420. The van der Waals surface area contributed by atoms with E-state index in [9.17, 15) is 0 Å². The number of halogens is 1. The Morgan fingerprint density at radius 3 is 2.39 bits per heavy atom. The summed E-state index contributed by atoms with van der Waals surface area (Å²) >= 11 is 6.26. The van der Waals surface area contributed by atoms with Crippen LogP contribution in [0.25, 0.3) is 0 Å². The van der Waals surface area contributed by atoms with Crippen molar-refractivity contribution in [1.29, 1.82) is 0 Å². The fourth-order valence-corrected chi connectivity index (χ4v) is 2.10. The summed E-state index contributed by atoms with van der Waals surface area (Å²) in [5.74, 6) is 1.49. The van der Waals surface area contributed by atoms with E-state index >= 15 is 0 Å². The Labute approximate surface area is 113 Å². The minimum atomic E-state index is 0.420. The standard InChI is InChI=1S/C14H19ClO3/c1-3-16-13-7-10(5-6-11-9-18-11)12(15)8-14(13)17-4-2/h7-8,11H,3-6,9H2,1-2H3. The first-order valence-electron chi connectivity index (χ1n) is 6.44. The van der Waals surface area contributed by atoms with E-state index in [0.29, 0.717) is 19.3 Å². The third kappa shape index (κ3) is 3.53. The van der Waals surface area contributed by atoms with E-state index in [0.717, 1.165) is 41.5 Å². The van der Waals surface area contributed by atoms with Crippen molar-refractivity contribution in [3.05, 3.63) is 22.7 Å². The fraction of sp³-hybridized carbons (Fsp3) is 0.571. The normalized spacial score (nSPS) is 17.6. The predicted molar refractivity (Wildman–Crippen MR) is 71.9 cm³/mol. The summed E-state index contributed by atoms with van der Waals surface area (Å²) in [4.78, 5) is 0. The van der Waals surface area contributed by atoms with Gasteiger partial charge in [-0.15, -0.1) is 0 Å². The Morgan fingerprint density at radius 2 is 1.83 bits per heavy atom. The Kier molecular flexibility index (Phi) is 4.72. The van der Waals surface area contributed by atoms with Crippen LogP contribution >= 0.6 is 11.6 Å². The first-order valence-corrected chi connectivity index (χ1v) is 6.82. The monoisotopic (exact) mass is 270 g/mol. The average molecular weight is 271 g/mol. The van der Waals surface area contributed by atoms with E-state index in [1.165, 1.54) is 0 Å². The second-order valence-electron chi connectivity index (χ2n) is 4.25. The highest BCUT2D eigenvalue weighted by molar-refractivity contribution is 6.31. The van der Waals surface area contributed by atoms with Crippen LogP contribution in [0.15, 0.2) is 12.1 Å². The quantitative estimate of drug-likeness (QED) is 0.711. The van der Waals surface area contributed by atoms with E-state index < -0.39 is 0 Å². The molecule has 1 fully saturated rings. The summed E-state index contributed by atoms with van der Waals surface area (Å²) < 4.78 is 16.3. The van der Waals surface area contributed by atoms with Gasteiger partial charge in [0.05, 0.1) is 25.9 Å². The van der Waals surface area contributed by atoms with Gasteiger partial charge >= 0.3 is 0 Å². The SMILES string of the molecule is CCOc1cc(Cl)c(CCC2CO2)cc1OCC. The van der Waals surface area contributed by atoms with Gasteiger partial charge in [-0.3, -0.25) is 0 Å². The summed E-state index contributed by atoms with van der Waals surface area (Å²) in [6.07, 6.45) is 2.35. The van der Waals surface area contributed by atoms with Gasteiger partial charge in [0, 0.05) is 11.1 Å². The van der Waals surface area contributed by atoms with Gasteiger partial charge in [-0.2, -0.15) is 0 Å². The maximum absolute atomic E-state index is 6.26. The van der Waals surface area contributed by atoms with Gasteiger partial charge in [0.25, 0.3) is 0 Å². The van der Waals surface area contributed by atoms with Gasteiger partial charge in [0.2, 0.25) is 0 Å². The molecule has 1 unspecified atom stereocenters. The lowest BCUT2D eigenvalue weighted by Crippen LogP contribution is -2.00. The van der Waals surface area contributed by atoms with E-state index in [-0.39, 0.29) is 0 Å². The molecule has 0 spiro atoms. The maximum atomic E-state index is 6.26. The molecule has 1 aliphatic rings. The molecule has 0 amide bonds. The molecule has 1 saturated heterocycles. The first kappa shape index (κ1) is 13.5.